The third kappa shape index (κ3) is 3.85. The van der Waals surface area contributed by atoms with Gasteiger partial charge in [-0.2, -0.15) is 0 Å². The highest BCUT2D eigenvalue weighted by Crippen LogP contribution is 2.22. The zero-order valence-corrected chi connectivity index (χ0v) is 11.8. The van der Waals surface area contributed by atoms with Crippen molar-refractivity contribution in [2.24, 2.45) is 0 Å². The van der Waals surface area contributed by atoms with E-state index in [4.69, 9.17) is 10.2 Å². The minimum Gasteiger partial charge on any atom is -0.507 e. The second kappa shape index (κ2) is 6.61. The van der Waals surface area contributed by atoms with E-state index in [1.807, 2.05) is 0 Å². The van der Waals surface area contributed by atoms with Crippen molar-refractivity contribution < 1.29 is 29.7 Å². The van der Waals surface area contributed by atoms with Gasteiger partial charge < -0.3 is 20.6 Å². The first-order valence-electron chi connectivity index (χ1n) is 6.56. The molecule has 0 saturated carbocycles. The number of hydrogen-bond acceptors (Lipinski definition) is 4. The van der Waals surface area contributed by atoms with Gasteiger partial charge in [0.1, 0.15) is 11.3 Å². The molecule has 0 aliphatic carbocycles. The van der Waals surface area contributed by atoms with Gasteiger partial charge in [0.25, 0.3) is 0 Å². The molecule has 1 amide bonds. The largest absolute Gasteiger partial charge is 0.507 e. The molecule has 2 aromatic carbocycles. The first-order valence-corrected chi connectivity index (χ1v) is 6.56. The third-order valence-electron chi connectivity index (χ3n) is 3.11. The van der Waals surface area contributed by atoms with Crippen LogP contribution in [-0.2, 0) is 11.2 Å². The molecule has 2 aromatic rings. The number of carbonyl (C=O) groups excluding carboxylic acids is 1. The SMILES string of the molecule is O=C(Cc1ccccc1C(=O)O)Nc1ccc(C(=O)O)c(O)c1. The van der Waals surface area contributed by atoms with Gasteiger partial charge in [0.15, 0.2) is 0 Å². The highest BCUT2D eigenvalue weighted by atomic mass is 16.4. The molecular formula is C16H13NO6. The van der Waals surface area contributed by atoms with Crippen molar-refractivity contribution in [1.29, 1.82) is 0 Å². The van der Waals surface area contributed by atoms with Crippen molar-refractivity contribution in [3.8, 4) is 5.75 Å². The zero-order valence-electron chi connectivity index (χ0n) is 11.8. The van der Waals surface area contributed by atoms with E-state index in [1.54, 1.807) is 12.1 Å². The Morgan fingerprint density at radius 3 is 2.17 bits per heavy atom. The molecular weight excluding hydrogens is 302 g/mol. The second-order valence-corrected chi connectivity index (χ2v) is 4.72. The summed E-state index contributed by atoms with van der Waals surface area (Å²) in [4.78, 5) is 33.9. The molecule has 0 aliphatic rings. The monoisotopic (exact) mass is 315 g/mol. The maximum Gasteiger partial charge on any atom is 0.339 e. The summed E-state index contributed by atoms with van der Waals surface area (Å²) in [6.45, 7) is 0. The molecule has 2 rings (SSSR count). The van der Waals surface area contributed by atoms with Crippen molar-refractivity contribution in [2.75, 3.05) is 5.32 Å². The summed E-state index contributed by atoms with van der Waals surface area (Å²) in [7, 11) is 0. The van der Waals surface area contributed by atoms with Gasteiger partial charge in [-0.1, -0.05) is 18.2 Å². The lowest BCUT2D eigenvalue weighted by Crippen LogP contribution is -2.16. The predicted octanol–water partition coefficient (Wildman–Crippen LogP) is 1.97. The summed E-state index contributed by atoms with van der Waals surface area (Å²) in [5.41, 5.74) is 0.320. The van der Waals surface area contributed by atoms with Gasteiger partial charge in [-0.05, 0) is 23.8 Å². The molecule has 0 aliphatic heterocycles. The van der Waals surface area contributed by atoms with E-state index in [2.05, 4.69) is 5.32 Å². The van der Waals surface area contributed by atoms with E-state index in [-0.39, 0.29) is 23.2 Å². The number of aromatic hydroxyl groups is 1. The summed E-state index contributed by atoms with van der Waals surface area (Å²) < 4.78 is 0. The van der Waals surface area contributed by atoms with Crippen LogP contribution in [0.5, 0.6) is 5.75 Å². The van der Waals surface area contributed by atoms with Crippen LogP contribution in [0.1, 0.15) is 26.3 Å². The van der Waals surface area contributed by atoms with E-state index in [9.17, 15) is 19.5 Å². The lowest BCUT2D eigenvalue weighted by Gasteiger charge is -2.08. The number of aromatic carboxylic acids is 2. The van der Waals surface area contributed by atoms with Crippen molar-refractivity contribution >= 4 is 23.5 Å². The Bertz CT molecular complexity index is 784. The number of rotatable bonds is 5. The third-order valence-corrected chi connectivity index (χ3v) is 3.11. The number of hydrogen-bond donors (Lipinski definition) is 4. The minimum atomic E-state index is -1.28. The van der Waals surface area contributed by atoms with Crippen LogP contribution in [0.3, 0.4) is 0 Å². The Hall–Kier alpha value is -3.35. The molecule has 0 fully saturated rings. The average molecular weight is 315 g/mol. The molecule has 7 heteroatoms. The van der Waals surface area contributed by atoms with Crippen LogP contribution in [0, 0.1) is 0 Å². The summed E-state index contributed by atoms with van der Waals surface area (Å²) in [5, 5.41) is 29.9. The Morgan fingerprint density at radius 2 is 1.57 bits per heavy atom. The van der Waals surface area contributed by atoms with Crippen LogP contribution < -0.4 is 5.32 Å². The topological polar surface area (TPSA) is 124 Å². The fourth-order valence-electron chi connectivity index (χ4n) is 2.05. The van der Waals surface area contributed by atoms with E-state index in [1.165, 1.54) is 24.3 Å². The molecule has 0 saturated heterocycles. The predicted molar refractivity (Wildman–Crippen MR) is 80.8 cm³/mol. The molecule has 23 heavy (non-hydrogen) atoms. The van der Waals surface area contributed by atoms with Crippen molar-refractivity contribution in [1.82, 2.24) is 0 Å². The Kier molecular flexibility index (Phi) is 4.61. The summed E-state index contributed by atoms with van der Waals surface area (Å²) in [5.74, 6) is -3.37. The molecule has 0 atom stereocenters. The number of amides is 1. The van der Waals surface area contributed by atoms with Crippen LogP contribution in [-0.4, -0.2) is 33.2 Å². The number of carbonyl (C=O) groups is 3. The van der Waals surface area contributed by atoms with Crippen LogP contribution in [0.25, 0.3) is 0 Å². The fourth-order valence-corrected chi connectivity index (χ4v) is 2.05. The van der Waals surface area contributed by atoms with Gasteiger partial charge in [-0.3, -0.25) is 4.79 Å². The van der Waals surface area contributed by atoms with Gasteiger partial charge in [-0.15, -0.1) is 0 Å². The van der Waals surface area contributed by atoms with Crippen LogP contribution in [0.4, 0.5) is 5.69 Å². The van der Waals surface area contributed by atoms with Crippen LogP contribution >= 0.6 is 0 Å². The molecule has 0 aromatic heterocycles. The van der Waals surface area contributed by atoms with Gasteiger partial charge in [0.05, 0.1) is 12.0 Å². The van der Waals surface area contributed by atoms with E-state index >= 15 is 0 Å². The average Bonchev–Trinajstić information content (AvgIpc) is 2.47. The molecule has 0 unspecified atom stereocenters. The van der Waals surface area contributed by atoms with E-state index < -0.39 is 23.6 Å². The van der Waals surface area contributed by atoms with Crippen molar-refractivity contribution in [3.63, 3.8) is 0 Å². The molecule has 118 valence electrons. The van der Waals surface area contributed by atoms with Crippen molar-refractivity contribution in [2.45, 2.75) is 6.42 Å². The summed E-state index contributed by atoms with van der Waals surface area (Å²) in [6.07, 6.45) is -0.163. The highest BCUT2D eigenvalue weighted by Gasteiger charge is 2.14. The first-order chi connectivity index (χ1) is 10.9. The minimum absolute atomic E-state index is 0.0340. The van der Waals surface area contributed by atoms with Gasteiger partial charge >= 0.3 is 11.9 Å². The van der Waals surface area contributed by atoms with Crippen molar-refractivity contribution in [3.05, 3.63) is 59.2 Å². The number of anilines is 1. The molecule has 7 nitrogen and oxygen atoms in total. The quantitative estimate of drug-likeness (QED) is 0.668. The second-order valence-electron chi connectivity index (χ2n) is 4.72. The Labute approximate surface area is 130 Å². The number of carboxylic acid groups (broad SMARTS) is 2. The maximum atomic E-state index is 12.0. The van der Waals surface area contributed by atoms with Gasteiger partial charge in [0.2, 0.25) is 5.91 Å². The van der Waals surface area contributed by atoms with E-state index in [0.717, 1.165) is 6.07 Å². The Balaban J connectivity index is 2.13. The molecule has 4 N–H and O–H groups in total. The molecule has 0 spiro atoms. The zero-order chi connectivity index (χ0) is 17.0. The lowest BCUT2D eigenvalue weighted by molar-refractivity contribution is -0.115. The molecule has 0 heterocycles. The normalized spacial score (nSPS) is 10.1. The summed E-state index contributed by atoms with van der Waals surface area (Å²) >= 11 is 0. The lowest BCUT2D eigenvalue weighted by atomic mass is 10.0. The number of nitrogens with one attached hydrogen (secondary N) is 1. The highest BCUT2D eigenvalue weighted by molar-refractivity contribution is 5.97. The fraction of sp³-hybridized carbons (Fsp3) is 0.0625. The smallest absolute Gasteiger partial charge is 0.339 e. The first kappa shape index (κ1) is 16.0. The van der Waals surface area contributed by atoms with E-state index in [0.29, 0.717) is 5.56 Å². The maximum absolute atomic E-state index is 12.0. The number of carboxylic acids is 2. The van der Waals surface area contributed by atoms with Crippen LogP contribution in [0.2, 0.25) is 0 Å². The standard InChI is InChI=1S/C16H13NO6/c18-13-8-10(5-6-12(13)16(22)23)17-14(19)7-9-3-1-2-4-11(9)15(20)21/h1-6,8,18H,7H2,(H,17,19)(H,20,21)(H,22,23). The number of phenols is 1. The number of benzene rings is 2. The molecule has 0 bridgehead atoms. The van der Waals surface area contributed by atoms with Crippen LogP contribution in [0.15, 0.2) is 42.5 Å². The summed E-state index contributed by atoms with van der Waals surface area (Å²) in [6, 6.07) is 9.75. The van der Waals surface area contributed by atoms with Gasteiger partial charge in [-0.25, -0.2) is 9.59 Å². The molecule has 0 radical (unpaired) electrons. The Morgan fingerprint density at radius 1 is 0.913 bits per heavy atom. The van der Waals surface area contributed by atoms with Gasteiger partial charge in [0, 0.05) is 11.8 Å².